The summed E-state index contributed by atoms with van der Waals surface area (Å²) in [6, 6.07) is 10.8. The maximum Gasteiger partial charge on any atom is 0.145 e. The molecule has 6 heteroatoms. The molecular formula is C14H10N4OS. The Hall–Kier alpha value is -2.83. The third-order valence-electron chi connectivity index (χ3n) is 2.32. The Morgan fingerprint density at radius 2 is 2.05 bits per heavy atom. The number of thiazole rings is 1. The quantitative estimate of drug-likeness (QED) is 0.852. The second-order valence-electron chi connectivity index (χ2n) is 3.66. The van der Waals surface area contributed by atoms with Crippen LogP contribution in [0.4, 0.5) is 5.69 Å². The lowest BCUT2D eigenvalue weighted by Gasteiger charge is -2.05. The van der Waals surface area contributed by atoms with E-state index in [1.165, 1.54) is 6.20 Å². The van der Waals surface area contributed by atoms with Crippen LogP contribution >= 0.6 is 11.3 Å². The van der Waals surface area contributed by atoms with Gasteiger partial charge in [0.05, 0.1) is 0 Å². The number of anilines is 1. The second kappa shape index (κ2) is 6.93. The molecule has 0 aliphatic heterocycles. The average molecular weight is 282 g/mol. The fourth-order valence-corrected chi connectivity index (χ4v) is 1.89. The first-order valence-corrected chi connectivity index (χ1v) is 6.58. The number of allylic oxidation sites excluding steroid dienone is 1. The van der Waals surface area contributed by atoms with Gasteiger partial charge in [-0.25, -0.2) is 4.98 Å². The molecule has 0 bridgehead atoms. The number of nitrogens with one attached hydrogen (secondary N) is 1. The fourth-order valence-electron chi connectivity index (χ4n) is 1.36. The summed E-state index contributed by atoms with van der Waals surface area (Å²) in [7, 11) is 0. The predicted octanol–water partition coefficient (Wildman–Crippen LogP) is 3.07. The Labute approximate surface area is 120 Å². The SMILES string of the molecule is N#CC(C#N)=CNc1ccc(OCc2nccs2)cc1. The molecular weight excluding hydrogens is 272 g/mol. The molecule has 0 spiro atoms. The van der Waals surface area contributed by atoms with Gasteiger partial charge in [-0.1, -0.05) is 0 Å². The fraction of sp³-hybridized carbons (Fsp3) is 0.0714. The van der Waals surface area contributed by atoms with Gasteiger partial charge in [-0.2, -0.15) is 10.5 Å². The molecule has 0 saturated heterocycles. The third-order valence-corrected chi connectivity index (χ3v) is 3.08. The highest BCUT2D eigenvalue weighted by atomic mass is 32.1. The van der Waals surface area contributed by atoms with E-state index in [0.29, 0.717) is 6.61 Å². The van der Waals surface area contributed by atoms with Crippen molar-refractivity contribution in [3.05, 3.63) is 52.6 Å². The standard InChI is InChI=1S/C14H10N4OS/c15-7-11(8-16)9-18-12-1-3-13(4-2-12)19-10-14-17-5-6-20-14/h1-6,9,18H,10H2. The zero-order valence-corrected chi connectivity index (χ0v) is 11.2. The summed E-state index contributed by atoms with van der Waals surface area (Å²) in [5.41, 5.74) is 0.795. The minimum atomic E-state index is 0.0223. The zero-order chi connectivity index (χ0) is 14.2. The monoisotopic (exact) mass is 282 g/mol. The van der Waals surface area contributed by atoms with Crippen LogP contribution in [0.2, 0.25) is 0 Å². The number of hydrogen-bond acceptors (Lipinski definition) is 6. The molecule has 1 aromatic carbocycles. The Kier molecular flexibility index (Phi) is 4.71. The Balaban J connectivity index is 1.92. The van der Waals surface area contributed by atoms with Gasteiger partial charge in [0, 0.05) is 23.5 Å². The molecule has 0 amide bonds. The predicted molar refractivity (Wildman–Crippen MR) is 75.8 cm³/mol. The minimum absolute atomic E-state index is 0.0223. The molecule has 0 saturated carbocycles. The molecule has 0 aliphatic rings. The van der Waals surface area contributed by atoms with Crippen molar-refractivity contribution in [1.29, 1.82) is 10.5 Å². The summed E-state index contributed by atoms with van der Waals surface area (Å²) in [5.74, 6) is 0.732. The van der Waals surface area contributed by atoms with Crippen LogP contribution in [0.3, 0.4) is 0 Å². The van der Waals surface area contributed by atoms with Crippen LogP contribution in [-0.2, 0) is 6.61 Å². The highest BCUT2D eigenvalue weighted by Gasteiger charge is 1.98. The van der Waals surface area contributed by atoms with Crippen molar-refractivity contribution in [2.24, 2.45) is 0 Å². The van der Waals surface area contributed by atoms with Crippen molar-refractivity contribution in [2.75, 3.05) is 5.32 Å². The van der Waals surface area contributed by atoms with Crippen LogP contribution in [0.15, 0.2) is 47.6 Å². The van der Waals surface area contributed by atoms with Crippen LogP contribution < -0.4 is 10.1 Å². The molecule has 2 aromatic rings. The van der Waals surface area contributed by atoms with Crippen LogP contribution in [0.1, 0.15) is 5.01 Å². The van der Waals surface area contributed by atoms with E-state index in [1.54, 1.807) is 41.8 Å². The first kappa shape index (κ1) is 13.6. The minimum Gasteiger partial charge on any atom is -0.486 e. The van der Waals surface area contributed by atoms with E-state index in [0.717, 1.165) is 16.4 Å². The molecule has 2 rings (SSSR count). The van der Waals surface area contributed by atoms with E-state index in [-0.39, 0.29) is 5.57 Å². The molecule has 98 valence electrons. The zero-order valence-electron chi connectivity index (χ0n) is 10.4. The number of rotatable bonds is 5. The normalized spacial score (nSPS) is 9.10. The van der Waals surface area contributed by atoms with Gasteiger partial charge in [0.2, 0.25) is 0 Å². The Bertz CT molecular complexity index is 647. The van der Waals surface area contributed by atoms with Gasteiger partial charge in [-0.15, -0.1) is 11.3 Å². The largest absolute Gasteiger partial charge is 0.486 e. The Morgan fingerprint density at radius 1 is 1.30 bits per heavy atom. The summed E-state index contributed by atoms with van der Waals surface area (Å²) < 4.78 is 5.57. The average Bonchev–Trinajstić information content (AvgIpc) is 3.01. The van der Waals surface area contributed by atoms with Gasteiger partial charge in [-0.3, -0.25) is 0 Å². The summed E-state index contributed by atoms with van der Waals surface area (Å²) in [5, 5.41) is 22.9. The third kappa shape index (κ3) is 3.84. The molecule has 0 radical (unpaired) electrons. The van der Waals surface area contributed by atoms with Gasteiger partial charge in [0.25, 0.3) is 0 Å². The van der Waals surface area contributed by atoms with Crippen LogP contribution in [-0.4, -0.2) is 4.98 Å². The summed E-state index contributed by atoms with van der Waals surface area (Å²) in [4.78, 5) is 4.13. The van der Waals surface area contributed by atoms with Crippen LogP contribution in [0.25, 0.3) is 0 Å². The number of nitrogens with zero attached hydrogens (tertiary/aromatic N) is 3. The molecule has 0 fully saturated rings. The lowest BCUT2D eigenvalue weighted by molar-refractivity contribution is 0.305. The van der Waals surface area contributed by atoms with E-state index in [1.807, 2.05) is 17.5 Å². The van der Waals surface area contributed by atoms with E-state index in [4.69, 9.17) is 15.3 Å². The first-order valence-electron chi connectivity index (χ1n) is 5.70. The molecule has 5 nitrogen and oxygen atoms in total. The van der Waals surface area contributed by atoms with Crippen LogP contribution in [0, 0.1) is 22.7 Å². The molecule has 1 heterocycles. The smallest absolute Gasteiger partial charge is 0.145 e. The van der Waals surface area contributed by atoms with Crippen molar-refractivity contribution in [3.8, 4) is 17.9 Å². The first-order chi connectivity index (χ1) is 9.81. The van der Waals surface area contributed by atoms with E-state index in [9.17, 15) is 0 Å². The number of nitriles is 2. The van der Waals surface area contributed by atoms with Crippen molar-refractivity contribution in [3.63, 3.8) is 0 Å². The molecule has 1 N–H and O–H groups in total. The highest BCUT2D eigenvalue weighted by molar-refractivity contribution is 7.09. The summed E-state index contributed by atoms with van der Waals surface area (Å²) >= 11 is 1.54. The van der Waals surface area contributed by atoms with Gasteiger partial charge < -0.3 is 10.1 Å². The molecule has 0 aliphatic carbocycles. The summed E-state index contributed by atoms with van der Waals surface area (Å²) in [6.45, 7) is 0.442. The second-order valence-corrected chi connectivity index (χ2v) is 4.64. The number of aromatic nitrogens is 1. The molecule has 1 aromatic heterocycles. The molecule has 20 heavy (non-hydrogen) atoms. The number of ether oxygens (including phenoxy) is 1. The van der Waals surface area contributed by atoms with Crippen molar-refractivity contribution >= 4 is 17.0 Å². The molecule has 0 atom stereocenters. The van der Waals surface area contributed by atoms with Gasteiger partial charge in [0.1, 0.15) is 35.1 Å². The highest BCUT2D eigenvalue weighted by Crippen LogP contribution is 2.17. The summed E-state index contributed by atoms with van der Waals surface area (Å²) in [6.07, 6.45) is 3.11. The van der Waals surface area contributed by atoms with Gasteiger partial charge in [-0.05, 0) is 24.3 Å². The lowest BCUT2D eigenvalue weighted by atomic mass is 10.3. The van der Waals surface area contributed by atoms with Gasteiger partial charge >= 0.3 is 0 Å². The number of benzene rings is 1. The topological polar surface area (TPSA) is 81.7 Å². The van der Waals surface area contributed by atoms with Crippen molar-refractivity contribution in [2.45, 2.75) is 6.61 Å². The lowest BCUT2D eigenvalue weighted by Crippen LogP contribution is -1.95. The number of hydrogen-bond donors (Lipinski definition) is 1. The molecule has 0 unspecified atom stereocenters. The maximum absolute atomic E-state index is 8.60. The van der Waals surface area contributed by atoms with E-state index >= 15 is 0 Å². The maximum atomic E-state index is 8.60. The van der Waals surface area contributed by atoms with Crippen LogP contribution in [0.5, 0.6) is 5.75 Å². The Morgan fingerprint density at radius 3 is 2.65 bits per heavy atom. The van der Waals surface area contributed by atoms with E-state index < -0.39 is 0 Å². The van der Waals surface area contributed by atoms with Crippen molar-refractivity contribution < 1.29 is 4.74 Å². The van der Waals surface area contributed by atoms with Gasteiger partial charge in [0.15, 0.2) is 0 Å². The van der Waals surface area contributed by atoms with E-state index in [2.05, 4.69) is 10.3 Å². The van der Waals surface area contributed by atoms with Crippen molar-refractivity contribution in [1.82, 2.24) is 4.98 Å².